The number of nitrogen functional groups attached to an aromatic ring is 1. The van der Waals surface area contributed by atoms with Crippen LogP contribution in [-0.4, -0.2) is 10.7 Å². The quantitative estimate of drug-likeness (QED) is 0.551. The van der Waals surface area contributed by atoms with Crippen molar-refractivity contribution in [2.75, 3.05) is 11.5 Å². The third-order valence-electron chi connectivity index (χ3n) is 1.11. The van der Waals surface area contributed by atoms with Gasteiger partial charge in [-0.2, -0.15) is 0 Å². The minimum absolute atomic E-state index is 0.702. The zero-order chi connectivity index (χ0) is 8.10. The van der Waals surface area contributed by atoms with Gasteiger partial charge in [-0.25, -0.2) is 4.98 Å². The fraction of sp³-hybridized carbons (Fsp3) is 0.125. The molecule has 0 aliphatic carbocycles. The topological polar surface area (TPSA) is 38.9 Å². The highest BCUT2D eigenvalue weighted by Gasteiger charge is 1.91. The molecule has 2 N–H and O–H groups in total. The molecule has 0 radical (unpaired) electrons. The molecule has 0 saturated carbocycles. The molecule has 0 fully saturated rings. The second kappa shape index (κ2) is 4.03. The molecule has 0 aliphatic heterocycles. The molecule has 0 amide bonds. The first kappa shape index (κ1) is 8.14. The Hall–Kier alpha value is -0.960. The van der Waals surface area contributed by atoms with Crippen LogP contribution < -0.4 is 5.73 Å². The van der Waals surface area contributed by atoms with Crippen molar-refractivity contribution in [3.63, 3.8) is 0 Å². The van der Waals surface area contributed by atoms with Gasteiger partial charge in [0, 0.05) is 5.75 Å². The van der Waals surface area contributed by atoms with Crippen molar-refractivity contribution in [3.05, 3.63) is 31.0 Å². The Kier molecular flexibility index (Phi) is 2.98. The van der Waals surface area contributed by atoms with Gasteiger partial charge in [0.25, 0.3) is 0 Å². The largest absolute Gasteiger partial charge is 0.397 e. The molecule has 2 nitrogen and oxygen atoms in total. The van der Waals surface area contributed by atoms with E-state index in [0.29, 0.717) is 5.69 Å². The molecule has 0 aromatic carbocycles. The van der Waals surface area contributed by atoms with E-state index in [1.165, 1.54) is 0 Å². The van der Waals surface area contributed by atoms with Crippen molar-refractivity contribution in [1.82, 2.24) is 4.98 Å². The van der Waals surface area contributed by atoms with Gasteiger partial charge >= 0.3 is 0 Å². The van der Waals surface area contributed by atoms with Crippen LogP contribution >= 0.6 is 11.8 Å². The summed E-state index contributed by atoms with van der Waals surface area (Å²) in [6, 6.07) is 3.75. The third-order valence-corrected chi connectivity index (χ3v) is 2.05. The summed E-state index contributed by atoms with van der Waals surface area (Å²) in [6.07, 6.45) is 3.51. The highest BCUT2D eigenvalue weighted by molar-refractivity contribution is 7.99. The number of aromatic nitrogens is 1. The van der Waals surface area contributed by atoms with Crippen molar-refractivity contribution < 1.29 is 0 Å². The average Bonchev–Trinajstić information content (AvgIpc) is 2.04. The highest BCUT2D eigenvalue weighted by Crippen LogP contribution is 2.15. The molecule has 1 heterocycles. The van der Waals surface area contributed by atoms with E-state index in [1.54, 1.807) is 18.0 Å². The van der Waals surface area contributed by atoms with Crippen molar-refractivity contribution in [3.8, 4) is 0 Å². The van der Waals surface area contributed by atoms with Crippen LogP contribution in [0.1, 0.15) is 0 Å². The van der Waals surface area contributed by atoms with Crippen LogP contribution in [0.3, 0.4) is 0 Å². The molecule has 58 valence electrons. The first-order chi connectivity index (χ1) is 5.33. The lowest BCUT2D eigenvalue weighted by Crippen LogP contribution is -1.86. The smallest absolute Gasteiger partial charge is 0.0964 e. The van der Waals surface area contributed by atoms with Gasteiger partial charge in [-0.05, 0) is 12.1 Å². The summed E-state index contributed by atoms with van der Waals surface area (Å²) in [7, 11) is 0. The maximum atomic E-state index is 5.46. The van der Waals surface area contributed by atoms with Crippen LogP contribution in [0, 0.1) is 0 Å². The lowest BCUT2D eigenvalue weighted by atomic mass is 10.4. The molecule has 0 atom stereocenters. The molecule has 0 spiro atoms. The standard InChI is InChI=1S/C8H10N2S/c1-2-5-11-8-4-3-7(9)6-10-8/h2-4,6H,1,5,9H2. The number of hydrogen-bond acceptors (Lipinski definition) is 3. The number of nitrogens with two attached hydrogens (primary N) is 1. The lowest BCUT2D eigenvalue weighted by molar-refractivity contribution is 1.14. The second-order valence-corrected chi connectivity index (χ2v) is 3.07. The van der Waals surface area contributed by atoms with Gasteiger partial charge in [0.05, 0.1) is 16.9 Å². The molecule has 1 rings (SSSR count). The molecular weight excluding hydrogens is 156 g/mol. The Morgan fingerprint density at radius 2 is 2.45 bits per heavy atom. The fourth-order valence-electron chi connectivity index (χ4n) is 0.621. The predicted molar refractivity (Wildman–Crippen MR) is 49.6 cm³/mol. The van der Waals surface area contributed by atoms with E-state index in [2.05, 4.69) is 11.6 Å². The number of hydrogen-bond donors (Lipinski definition) is 1. The minimum atomic E-state index is 0.702. The monoisotopic (exact) mass is 166 g/mol. The SMILES string of the molecule is C=CCSc1ccc(N)cn1. The molecule has 11 heavy (non-hydrogen) atoms. The summed E-state index contributed by atoms with van der Waals surface area (Å²) in [5.74, 6) is 0.886. The van der Waals surface area contributed by atoms with Gasteiger partial charge in [0.15, 0.2) is 0 Å². The number of pyridine rings is 1. The number of anilines is 1. The summed E-state index contributed by atoms with van der Waals surface area (Å²) < 4.78 is 0. The fourth-order valence-corrected chi connectivity index (χ4v) is 1.20. The van der Waals surface area contributed by atoms with E-state index in [4.69, 9.17) is 5.73 Å². The van der Waals surface area contributed by atoms with E-state index in [-0.39, 0.29) is 0 Å². The first-order valence-electron chi connectivity index (χ1n) is 3.28. The molecule has 0 saturated heterocycles. The number of thioether (sulfide) groups is 1. The molecule has 3 heteroatoms. The van der Waals surface area contributed by atoms with Gasteiger partial charge in [-0.1, -0.05) is 6.08 Å². The van der Waals surface area contributed by atoms with Crippen molar-refractivity contribution in [2.24, 2.45) is 0 Å². The van der Waals surface area contributed by atoms with Crippen molar-refractivity contribution >= 4 is 17.4 Å². The summed E-state index contributed by atoms with van der Waals surface area (Å²) in [5, 5.41) is 0.985. The molecule has 1 aromatic heterocycles. The highest BCUT2D eigenvalue weighted by atomic mass is 32.2. The lowest BCUT2D eigenvalue weighted by Gasteiger charge is -1.96. The maximum absolute atomic E-state index is 5.46. The van der Waals surface area contributed by atoms with Gasteiger partial charge < -0.3 is 5.73 Å². The Bertz CT molecular complexity index is 230. The third kappa shape index (κ3) is 2.63. The molecule has 0 unspecified atom stereocenters. The Balaban J connectivity index is 2.58. The molecule has 0 bridgehead atoms. The van der Waals surface area contributed by atoms with Crippen molar-refractivity contribution in [2.45, 2.75) is 5.03 Å². The molecule has 1 aromatic rings. The van der Waals surface area contributed by atoms with Crippen LogP contribution in [0.2, 0.25) is 0 Å². The van der Waals surface area contributed by atoms with Gasteiger partial charge in [0.2, 0.25) is 0 Å². The normalized spacial score (nSPS) is 9.45. The van der Waals surface area contributed by atoms with Crippen LogP contribution in [-0.2, 0) is 0 Å². The van der Waals surface area contributed by atoms with Crippen molar-refractivity contribution in [1.29, 1.82) is 0 Å². The van der Waals surface area contributed by atoms with Gasteiger partial charge in [0.1, 0.15) is 0 Å². The Morgan fingerprint density at radius 3 is 3.00 bits per heavy atom. The molecular formula is C8H10N2S. The van der Waals surface area contributed by atoms with Gasteiger partial charge in [-0.15, -0.1) is 18.3 Å². The summed E-state index contributed by atoms with van der Waals surface area (Å²) in [5.41, 5.74) is 6.17. The maximum Gasteiger partial charge on any atom is 0.0964 e. The van der Waals surface area contributed by atoms with Crippen LogP contribution in [0.15, 0.2) is 36.0 Å². The van der Waals surface area contributed by atoms with Crippen LogP contribution in [0.5, 0.6) is 0 Å². The predicted octanol–water partition coefficient (Wildman–Crippen LogP) is 1.94. The minimum Gasteiger partial charge on any atom is -0.397 e. The molecule has 0 aliphatic rings. The summed E-state index contributed by atoms with van der Waals surface area (Å²) in [4.78, 5) is 4.11. The Labute approximate surface area is 70.5 Å². The van der Waals surface area contributed by atoms with E-state index in [0.717, 1.165) is 10.8 Å². The zero-order valence-corrected chi connectivity index (χ0v) is 6.97. The number of nitrogens with zero attached hydrogens (tertiary/aromatic N) is 1. The van der Waals surface area contributed by atoms with E-state index >= 15 is 0 Å². The van der Waals surface area contributed by atoms with Crippen LogP contribution in [0.4, 0.5) is 5.69 Å². The van der Waals surface area contributed by atoms with E-state index in [1.807, 2.05) is 18.2 Å². The Morgan fingerprint density at radius 1 is 1.64 bits per heavy atom. The average molecular weight is 166 g/mol. The summed E-state index contributed by atoms with van der Waals surface area (Å²) in [6.45, 7) is 3.62. The first-order valence-corrected chi connectivity index (χ1v) is 4.26. The van der Waals surface area contributed by atoms with Gasteiger partial charge in [-0.3, -0.25) is 0 Å². The number of rotatable bonds is 3. The van der Waals surface area contributed by atoms with Crippen LogP contribution in [0.25, 0.3) is 0 Å². The zero-order valence-electron chi connectivity index (χ0n) is 6.16. The summed E-state index contributed by atoms with van der Waals surface area (Å²) >= 11 is 1.64. The van der Waals surface area contributed by atoms with E-state index < -0.39 is 0 Å². The second-order valence-electron chi connectivity index (χ2n) is 2.03. The van der Waals surface area contributed by atoms with E-state index in [9.17, 15) is 0 Å².